The van der Waals surface area contributed by atoms with Gasteiger partial charge in [-0.05, 0) is 38.1 Å². The molecule has 0 atom stereocenters. The smallest absolute Gasteiger partial charge is 0.132 e. The highest BCUT2D eigenvalue weighted by atomic mass is 16.1. The third-order valence-electron chi connectivity index (χ3n) is 3.25. The van der Waals surface area contributed by atoms with E-state index in [0.717, 1.165) is 13.0 Å². The lowest BCUT2D eigenvalue weighted by Gasteiger charge is -2.28. The maximum absolute atomic E-state index is 11.3. The van der Waals surface area contributed by atoms with E-state index in [1.54, 1.807) is 0 Å². The Hall–Kier alpha value is -0.370. The van der Waals surface area contributed by atoms with E-state index in [9.17, 15) is 4.79 Å². The van der Waals surface area contributed by atoms with Crippen molar-refractivity contribution >= 4 is 5.78 Å². The molecule has 0 radical (unpaired) electrons. The topological polar surface area (TPSA) is 29.1 Å². The van der Waals surface area contributed by atoms with E-state index in [2.05, 4.69) is 12.2 Å². The van der Waals surface area contributed by atoms with Gasteiger partial charge in [-0.25, -0.2) is 0 Å². The maximum Gasteiger partial charge on any atom is 0.132 e. The molecule has 14 heavy (non-hydrogen) atoms. The van der Waals surface area contributed by atoms with Crippen LogP contribution in [0.4, 0.5) is 0 Å². The molecule has 0 spiro atoms. The fourth-order valence-corrected chi connectivity index (χ4v) is 2.33. The predicted molar refractivity (Wildman–Crippen MR) is 61.5 cm³/mol. The Morgan fingerprint density at radius 3 is 2.43 bits per heavy atom. The lowest BCUT2D eigenvalue weighted by molar-refractivity contribution is -0.119. The minimum absolute atomic E-state index is 0. The van der Waals surface area contributed by atoms with Gasteiger partial charge < -0.3 is 5.32 Å². The van der Waals surface area contributed by atoms with Gasteiger partial charge in [0.2, 0.25) is 0 Å². The molecule has 0 amide bonds. The van der Waals surface area contributed by atoms with Crippen molar-refractivity contribution in [1.29, 1.82) is 0 Å². The first-order chi connectivity index (χ1) is 6.76. The largest absolute Gasteiger partial charge is 0.314 e. The van der Waals surface area contributed by atoms with Crippen molar-refractivity contribution in [3.8, 4) is 0 Å². The maximum atomic E-state index is 11.3. The van der Waals surface area contributed by atoms with Crippen molar-refractivity contribution in [2.45, 2.75) is 58.4 Å². The Kier molecular flexibility index (Phi) is 5.16. The first-order valence-electron chi connectivity index (χ1n) is 6.01. The minimum atomic E-state index is 0. The molecule has 84 valence electrons. The van der Waals surface area contributed by atoms with Crippen molar-refractivity contribution in [2.24, 2.45) is 5.92 Å². The second-order valence-corrected chi connectivity index (χ2v) is 4.37. The Labute approximate surface area is 88.9 Å². The Morgan fingerprint density at radius 2 is 1.93 bits per heavy atom. The molecular formula is C12H25NO. The molecular weight excluding hydrogens is 174 g/mol. The molecule has 1 N–H and O–H groups in total. The van der Waals surface area contributed by atoms with Gasteiger partial charge in [0.15, 0.2) is 0 Å². The summed E-state index contributed by atoms with van der Waals surface area (Å²) in [5.74, 6) is 1.12. The number of nitrogens with one attached hydrogen (secondary N) is 1. The monoisotopic (exact) mass is 199 g/mol. The van der Waals surface area contributed by atoms with E-state index in [1.165, 1.54) is 25.7 Å². The number of hydrogen-bond donors (Lipinski definition) is 1. The van der Waals surface area contributed by atoms with Crippen LogP contribution in [-0.2, 0) is 4.79 Å². The molecule has 1 aliphatic rings. The molecule has 0 aliphatic heterocycles. The summed E-state index contributed by atoms with van der Waals surface area (Å²) in [5, 5.41) is 3.49. The molecule has 0 aromatic rings. The Morgan fingerprint density at radius 1 is 1.29 bits per heavy atom. The van der Waals surface area contributed by atoms with E-state index in [0.29, 0.717) is 24.2 Å². The van der Waals surface area contributed by atoms with E-state index < -0.39 is 0 Å². The highest BCUT2D eigenvalue weighted by Gasteiger charge is 2.21. The SMILES string of the molecule is CCNC1CCC(CC(=O)CC)CC1.[HH]. The molecule has 0 unspecified atom stereocenters. The number of Topliss-reactive ketones (excluding diaryl/α,β-unsaturated/α-hetero) is 1. The molecule has 0 saturated heterocycles. The second-order valence-electron chi connectivity index (χ2n) is 4.37. The number of hydrogen-bond acceptors (Lipinski definition) is 2. The van der Waals surface area contributed by atoms with Crippen molar-refractivity contribution in [3.63, 3.8) is 0 Å². The van der Waals surface area contributed by atoms with Gasteiger partial charge in [-0.3, -0.25) is 4.79 Å². The third kappa shape index (κ3) is 3.79. The normalized spacial score (nSPS) is 27.6. The van der Waals surface area contributed by atoms with Gasteiger partial charge in [0.1, 0.15) is 5.78 Å². The zero-order valence-electron chi connectivity index (χ0n) is 9.51. The Bertz CT molecular complexity index is 176. The lowest BCUT2D eigenvalue weighted by atomic mass is 9.83. The van der Waals surface area contributed by atoms with Crippen LogP contribution in [0.2, 0.25) is 0 Å². The van der Waals surface area contributed by atoms with Gasteiger partial charge >= 0.3 is 0 Å². The zero-order chi connectivity index (χ0) is 10.4. The van der Waals surface area contributed by atoms with Gasteiger partial charge in [0.25, 0.3) is 0 Å². The molecule has 0 aromatic heterocycles. The number of ketones is 1. The molecule has 2 heteroatoms. The summed E-state index contributed by atoms with van der Waals surface area (Å²) in [6.07, 6.45) is 6.54. The average Bonchev–Trinajstić information content (AvgIpc) is 2.21. The van der Waals surface area contributed by atoms with Gasteiger partial charge in [-0.15, -0.1) is 0 Å². The van der Waals surface area contributed by atoms with Crippen LogP contribution in [0.5, 0.6) is 0 Å². The Balaban J connectivity index is 0.00000196. The minimum Gasteiger partial charge on any atom is -0.314 e. The molecule has 1 rings (SSSR count). The van der Waals surface area contributed by atoms with Crippen molar-refractivity contribution in [3.05, 3.63) is 0 Å². The van der Waals surface area contributed by atoms with Crippen LogP contribution in [0, 0.1) is 5.92 Å². The van der Waals surface area contributed by atoms with E-state index in [-0.39, 0.29) is 1.43 Å². The van der Waals surface area contributed by atoms with Gasteiger partial charge in [0, 0.05) is 20.3 Å². The van der Waals surface area contributed by atoms with Crippen molar-refractivity contribution in [2.75, 3.05) is 6.54 Å². The molecule has 0 aromatic carbocycles. The summed E-state index contributed by atoms with van der Waals surface area (Å²) < 4.78 is 0. The van der Waals surface area contributed by atoms with Crippen LogP contribution in [-0.4, -0.2) is 18.4 Å². The molecule has 0 heterocycles. The quantitative estimate of drug-likeness (QED) is 0.737. The third-order valence-corrected chi connectivity index (χ3v) is 3.25. The molecule has 0 bridgehead atoms. The van der Waals surface area contributed by atoms with Crippen molar-refractivity contribution < 1.29 is 6.22 Å². The summed E-state index contributed by atoms with van der Waals surface area (Å²) in [7, 11) is 0. The van der Waals surface area contributed by atoms with Crippen LogP contribution in [0.15, 0.2) is 0 Å². The molecule has 2 nitrogen and oxygen atoms in total. The highest BCUT2D eigenvalue weighted by molar-refractivity contribution is 5.78. The lowest BCUT2D eigenvalue weighted by Crippen LogP contribution is -2.33. The van der Waals surface area contributed by atoms with Gasteiger partial charge in [-0.1, -0.05) is 13.8 Å². The summed E-state index contributed by atoms with van der Waals surface area (Å²) in [6, 6.07) is 0.716. The average molecular weight is 199 g/mol. The van der Waals surface area contributed by atoms with Crippen LogP contribution in [0.1, 0.15) is 53.8 Å². The standard InChI is InChI=1S/C12H23NO.H2/c1-3-12(14)9-10-5-7-11(8-6-10)13-4-2;/h10-11,13H,3-9H2,1-2H3;1H. The van der Waals surface area contributed by atoms with E-state index >= 15 is 0 Å². The first-order valence-corrected chi connectivity index (χ1v) is 6.01. The number of carbonyl (C=O) groups excluding carboxylic acids is 1. The van der Waals surface area contributed by atoms with Crippen LogP contribution in [0.3, 0.4) is 0 Å². The van der Waals surface area contributed by atoms with Crippen LogP contribution < -0.4 is 5.32 Å². The van der Waals surface area contributed by atoms with E-state index in [4.69, 9.17) is 0 Å². The first kappa shape index (κ1) is 11.7. The number of rotatable bonds is 5. The summed E-state index contributed by atoms with van der Waals surface area (Å²) >= 11 is 0. The van der Waals surface area contributed by atoms with Crippen LogP contribution in [0.25, 0.3) is 0 Å². The zero-order valence-corrected chi connectivity index (χ0v) is 9.51. The molecule has 1 aliphatic carbocycles. The summed E-state index contributed by atoms with van der Waals surface area (Å²) in [5.41, 5.74) is 0. The molecule has 1 fully saturated rings. The molecule has 1 saturated carbocycles. The fourth-order valence-electron chi connectivity index (χ4n) is 2.33. The second kappa shape index (κ2) is 6.18. The van der Waals surface area contributed by atoms with Crippen LogP contribution >= 0.6 is 0 Å². The predicted octanol–water partition coefficient (Wildman–Crippen LogP) is 2.77. The van der Waals surface area contributed by atoms with Crippen molar-refractivity contribution in [1.82, 2.24) is 5.32 Å². The van der Waals surface area contributed by atoms with Gasteiger partial charge in [-0.2, -0.15) is 0 Å². The van der Waals surface area contributed by atoms with E-state index in [1.807, 2.05) is 6.92 Å². The summed E-state index contributed by atoms with van der Waals surface area (Å²) in [4.78, 5) is 11.3. The summed E-state index contributed by atoms with van der Waals surface area (Å²) in [6.45, 7) is 5.20. The highest BCUT2D eigenvalue weighted by Crippen LogP contribution is 2.27. The fraction of sp³-hybridized carbons (Fsp3) is 0.917. The van der Waals surface area contributed by atoms with Gasteiger partial charge in [0.05, 0.1) is 0 Å². The number of carbonyl (C=O) groups is 1.